The Balaban J connectivity index is 1.61. The molecule has 134 valence electrons. The first-order valence-electron chi connectivity index (χ1n) is 8.81. The van der Waals surface area contributed by atoms with E-state index < -0.39 is 0 Å². The maximum absolute atomic E-state index is 9.26. The Hall–Kier alpha value is -3.54. The van der Waals surface area contributed by atoms with E-state index in [1.165, 1.54) is 0 Å². The fourth-order valence-electron chi connectivity index (χ4n) is 4.09. The Bertz CT molecular complexity index is 1140. The summed E-state index contributed by atoms with van der Waals surface area (Å²) in [6.45, 7) is 2.21. The van der Waals surface area contributed by atoms with Crippen molar-refractivity contribution in [2.75, 3.05) is 0 Å². The van der Waals surface area contributed by atoms with E-state index in [0.717, 1.165) is 29.6 Å². The molecule has 0 unspecified atom stereocenters. The topological polar surface area (TPSA) is 113 Å². The largest absolute Gasteiger partial charge is 0.265 e. The molecule has 9 nitrogen and oxygen atoms in total. The smallest absolute Gasteiger partial charge is 0.132 e. The van der Waals surface area contributed by atoms with Crippen molar-refractivity contribution in [2.24, 2.45) is 5.92 Å². The third-order valence-corrected chi connectivity index (χ3v) is 5.27. The second-order valence-electron chi connectivity index (χ2n) is 7.24. The van der Waals surface area contributed by atoms with Crippen LogP contribution in [0.5, 0.6) is 0 Å². The van der Waals surface area contributed by atoms with E-state index in [1.54, 1.807) is 16.9 Å². The summed E-state index contributed by atoms with van der Waals surface area (Å²) in [7, 11) is 0. The van der Waals surface area contributed by atoms with E-state index in [-0.39, 0.29) is 5.54 Å². The molecule has 5 rings (SSSR count). The highest BCUT2D eigenvalue weighted by Gasteiger charge is 2.44. The monoisotopic (exact) mass is 359 g/mol. The zero-order chi connectivity index (χ0) is 18.4. The van der Waals surface area contributed by atoms with Crippen molar-refractivity contribution in [1.82, 2.24) is 39.8 Å². The fourth-order valence-corrected chi connectivity index (χ4v) is 4.09. The lowest BCUT2D eigenvalue weighted by molar-refractivity contribution is 0.0682. The molecule has 0 amide bonds. The highest BCUT2D eigenvalue weighted by Crippen LogP contribution is 2.46. The second-order valence-corrected chi connectivity index (χ2v) is 7.24. The zero-order valence-corrected chi connectivity index (χ0v) is 14.7. The standard InChI is InChI=1S/C18H17N9/c1-12-6-18(7-12,3-4-19)27-10-13(8-22-27)17-16-2-5-21-26(16)11-15(23-17)14-9-20-25-24-14/h2,5,8-12H,3,6-7H2,1H3,(H,20,24,25)/t12-,18-. The van der Waals surface area contributed by atoms with Crippen LogP contribution in [0.4, 0.5) is 0 Å². The highest BCUT2D eigenvalue weighted by atomic mass is 15.3. The van der Waals surface area contributed by atoms with Gasteiger partial charge < -0.3 is 0 Å². The number of nitrogens with zero attached hydrogens (tertiary/aromatic N) is 8. The third-order valence-electron chi connectivity index (χ3n) is 5.27. The minimum Gasteiger partial charge on any atom is -0.265 e. The summed E-state index contributed by atoms with van der Waals surface area (Å²) in [5.74, 6) is 0.612. The molecule has 0 aliphatic heterocycles. The Labute approximate surface area is 154 Å². The van der Waals surface area contributed by atoms with E-state index in [2.05, 4.69) is 38.6 Å². The van der Waals surface area contributed by atoms with Gasteiger partial charge in [0.15, 0.2) is 0 Å². The van der Waals surface area contributed by atoms with Crippen LogP contribution in [0, 0.1) is 17.2 Å². The van der Waals surface area contributed by atoms with E-state index >= 15 is 0 Å². The van der Waals surface area contributed by atoms with Gasteiger partial charge in [-0.15, -0.1) is 0 Å². The second kappa shape index (κ2) is 5.74. The Kier molecular flexibility index (Phi) is 3.33. The van der Waals surface area contributed by atoms with Gasteiger partial charge in [0.1, 0.15) is 11.4 Å². The minimum atomic E-state index is -0.202. The minimum absolute atomic E-state index is 0.202. The molecule has 9 heteroatoms. The highest BCUT2D eigenvalue weighted by molar-refractivity contribution is 5.77. The first kappa shape index (κ1) is 15.7. The molecule has 1 aliphatic carbocycles. The van der Waals surface area contributed by atoms with Crippen LogP contribution in [-0.2, 0) is 5.54 Å². The van der Waals surface area contributed by atoms with Gasteiger partial charge in [0.05, 0.1) is 54.0 Å². The summed E-state index contributed by atoms with van der Waals surface area (Å²) in [5.41, 5.74) is 3.67. The maximum atomic E-state index is 9.26. The fraction of sp³-hybridized carbons (Fsp3) is 0.333. The molecule has 0 bridgehead atoms. The lowest BCUT2D eigenvalue weighted by Gasteiger charge is -2.45. The van der Waals surface area contributed by atoms with Crippen LogP contribution in [0.3, 0.4) is 0 Å². The third kappa shape index (κ3) is 2.41. The molecule has 27 heavy (non-hydrogen) atoms. The summed E-state index contributed by atoms with van der Waals surface area (Å²) in [4.78, 5) is 4.78. The summed E-state index contributed by atoms with van der Waals surface area (Å²) < 4.78 is 3.73. The van der Waals surface area contributed by atoms with E-state index in [0.29, 0.717) is 23.7 Å². The Morgan fingerprint density at radius 3 is 2.89 bits per heavy atom. The number of hydrogen-bond donors (Lipinski definition) is 1. The van der Waals surface area contributed by atoms with Gasteiger partial charge in [-0.2, -0.15) is 30.9 Å². The van der Waals surface area contributed by atoms with E-state index in [4.69, 9.17) is 4.98 Å². The number of rotatable bonds is 4. The average molecular weight is 359 g/mol. The molecule has 4 heterocycles. The number of aromatic amines is 1. The van der Waals surface area contributed by atoms with Crippen LogP contribution in [0.2, 0.25) is 0 Å². The molecule has 1 aliphatic rings. The average Bonchev–Trinajstić information content (AvgIpc) is 3.40. The molecule has 0 radical (unpaired) electrons. The summed E-state index contributed by atoms with van der Waals surface area (Å²) in [6, 6.07) is 4.24. The summed E-state index contributed by atoms with van der Waals surface area (Å²) in [5, 5.41) is 28.8. The van der Waals surface area contributed by atoms with Crippen LogP contribution in [0.1, 0.15) is 26.2 Å². The normalized spacial score (nSPS) is 21.9. The first-order valence-corrected chi connectivity index (χ1v) is 8.81. The number of aromatic nitrogens is 8. The molecule has 0 saturated heterocycles. The zero-order valence-electron chi connectivity index (χ0n) is 14.7. The molecule has 0 aromatic carbocycles. The molecular weight excluding hydrogens is 342 g/mol. The molecular formula is C18H17N9. The quantitative estimate of drug-likeness (QED) is 0.598. The van der Waals surface area contributed by atoms with Crippen molar-refractivity contribution < 1.29 is 0 Å². The Morgan fingerprint density at radius 2 is 2.15 bits per heavy atom. The number of nitriles is 1. The maximum Gasteiger partial charge on any atom is 0.132 e. The SMILES string of the molecule is C[C@H]1C[C@](CC#N)(n2cc(-c3nc(-c4cn[nH]n4)cn4nccc34)cn2)C1. The van der Waals surface area contributed by atoms with Crippen LogP contribution in [0.15, 0.2) is 37.1 Å². The van der Waals surface area contributed by atoms with Crippen LogP contribution in [-0.4, -0.2) is 39.8 Å². The number of H-pyrrole nitrogens is 1. The van der Waals surface area contributed by atoms with Gasteiger partial charge in [-0.1, -0.05) is 6.92 Å². The van der Waals surface area contributed by atoms with Crippen molar-refractivity contribution >= 4 is 5.52 Å². The molecule has 0 atom stereocenters. The summed E-state index contributed by atoms with van der Waals surface area (Å²) in [6.07, 6.45) is 11.4. The number of nitrogens with one attached hydrogen (secondary N) is 1. The molecule has 4 aromatic heterocycles. The predicted molar refractivity (Wildman–Crippen MR) is 96.2 cm³/mol. The number of fused-ring (bicyclic) bond motifs is 1. The first-order chi connectivity index (χ1) is 13.2. The summed E-state index contributed by atoms with van der Waals surface area (Å²) >= 11 is 0. The van der Waals surface area contributed by atoms with Crippen molar-refractivity contribution in [3.05, 3.63) is 37.1 Å². The van der Waals surface area contributed by atoms with Gasteiger partial charge in [-0.25, -0.2) is 9.50 Å². The van der Waals surface area contributed by atoms with Gasteiger partial charge in [0.2, 0.25) is 0 Å². The van der Waals surface area contributed by atoms with Gasteiger partial charge in [-0.3, -0.25) is 4.68 Å². The van der Waals surface area contributed by atoms with Crippen molar-refractivity contribution in [3.63, 3.8) is 0 Å². The van der Waals surface area contributed by atoms with E-state index in [1.807, 2.05) is 29.3 Å². The van der Waals surface area contributed by atoms with E-state index in [9.17, 15) is 5.26 Å². The van der Waals surface area contributed by atoms with Gasteiger partial charge >= 0.3 is 0 Å². The Morgan fingerprint density at radius 1 is 1.26 bits per heavy atom. The predicted octanol–water partition coefficient (Wildman–Crippen LogP) is 2.42. The number of hydrogen-bond acceptors (Lipinski definition) is 6. The molecule has 0 spiro atoms. The van der Waals surface area contributed by atoms with Crippen LogP contribution >= 0.6 is 0 Å². The van der Waals surface area contributed by atoms with Crippen LogP contribution < -0.4 is 0 Å². The van der Waals surface area contributed by atoms with Gasteiger partial charge in [0, 0.05) is 11.8 Å². The van der Waals surface area contributed by atoms with Crippen LogP contribution in [0.25, 0.3) is 28.2 Å². The van der Waals surface area contributed by atoms with Crippen molar-refractivity contribution in [3.8, 4) is 28.7 Å². The van der Waals surface area contributed by atoms with Gasteiger partial charge in [-0.05, 0) is 24.8 Å². The van der Waals surface area contributed by atoms with Crippen molar-refractivity contribution in [2.45, 2.75) is 31.7 Å². The lowest BCUT2D eigenvalue weighted by Crippen LogP contribution is -2.45. The molecule has 4 aromatic rings. The van der Waals surface area contributed by atoms with Crippen molar-refractivity contribution in [1.29, 1.82) is 5.26 Å². The molecule has 1 fully saturated rings. The van der Waals surface area contributed by atoms with Gasteiger partial charge in [0.25, 0.3) is 0 Å². The molecule has 1 N–H and O–H groups in total. The molecule has 1 saturated carbocycles. The lowest BCUT2D eigenvalue weighted by atomic mass is 9.67.